The zero-order valence-electron chi connectivity index (χ0n) is 13.6. The number of likely N-dealkylation sites (tertiary alicyclic amines) is 1. The van der Waals surface area contributed by atoms with Crippen molar-refractivity contribution in [1.82, 2.24) is 4.90 Å². The Hall–Kier alpha value is -0.530. The molecule has 0 amide bonds. The Morgan fingerprint density at radius 3 is 1.72 bits per heavy atom. The topological polar surface area (TPSA) is 15.6 Å². The van der Waals surface area contributed by atoms with E-state index in [1.54, 1.807) is 0 Å². The molecule has 106 valence electrons. The van der Waals surface area contributed by atoms with Crippen LogP contribution in [0.15, 0.2) is 4.99 Å². The molecule has 0 radical (unpaired) electrons. The monoisotopic (exact) mass is 252 g/mol. The minimum Gasteiger partial charge on any atom is -0.358 e. The summed E-state index contributed by atoms with van der Waals surface area (Å²) in [6.07, 6.45) is 4.65. The third-order valence-corrected chi connectivity index (χ3v) is 4.07. The van der Waals surface area contributed by atoms with Crippen molar-refractivity contribution in [2.75, 3.05) is 0 Å². The van der Waals surface area contributed by atoms with Gasteiger partial charge in [-0.15, -0.1) is 0 Å². The van der Waals surface area contributed by atoms with E-state index in [0.717, 1.165) is 5.92 Å². The predicted octanol–water partition coefficient (Wildman–Crippen LogP) is 4.35. The fourth-order valence-electron chi connectivity index (χ4n) is 2.77. The Morgan fingerprint density at radius 2 is 1.39 bits per heavy atom. The summed E-state index contributed by atoms with van der Waals surface area (Å²) in [4.78, 5) is 7.12. The van der Waals surface area contributed by atoms with Crippen LogP contribution in [0.2, 0.25) is 0 Å². The van der Waals surface area contributed by atoms with Gasteiger partial charge in [0.15, 0.2) is 0 Å². The minimum atomic E-state index is 0.0281. The number of piperidine rings is 1. The normalized spacial score (nSPS) is 31.1. The van der Waals surface area contributed by atoms with E-state index in [1.807, 2.05) is 0 Å². The van der Waals surface area contributed by atoms with Gasteiger partial charge in [0.25, 0.3) is 0 Å². The van der Waals surface area contributed by atoms with Crippen LogP contribution in [-0.2, 0) is 0 Å². The van der Waals surface area contributed by atoms with Gasteiger partial charge in [-0.25, -0.2) is 0 Å². The van der Waals surface area contributed by atoms with Crippen LogP contribution >= 0.6 is 0 Å². The molecule has 18 heavy (non-hydrogen) atoms. The molecule has 0 aromatic carbocycles. The quantitative estimate of drug-likeness (QED) is 0.500. The molecule has 1 aliphatic heterocycles. The molecule has 0 spiro atoms. The summed E-state index contributed by atoms with van der Waals surface area (Å²) >= 11 is 0. The average Bonchev–Trinajstić information content (AvgIpc) is 2.12. The summed E-state index contributed by atoms with van der Waals surface area (Å²) < 4.78 is 0. The van der Waals surface area contributed by atoms with Gasteiger partial charge in [0.05, 0.1) is 11.9 Å². The van der Waals surface area contributed by atoms with Crippen molar-refractivity contribution in [1.29, 1.82) is 0 Å². The van der Waals surface area contributed by atoms with Crippen molar-refractivity contribution in [3.8, 4) is 0 Å². The van der Waals surface area contributed by atoms with Crippen LogP contribution in [0, 0.1) is 11.3 Å². The molecular formula is C16H32N2. The first-order valence-corrected chi connectivity index (χ1v) is 7.33. The minimum absolute atomic E-state index is 0.0281. The molecule has 0 aliphatic carbocycles. The maximum absolute atomic E-state index is 4.67. The number of rotatable bonds is 1. The highest BCUT2D eigenvalue weighted by Gasteiger charge is 2.35. The molecule has 0 saturated carbocycles. The van der Waals surface area contributed by atoms with Crippen molar-refractivity contribution in [2.24, 2.45) is 16.3 Å². The second kappa shape index (κ2) is 5.22. The Bertz CT molecular complexity index is 281. The molecule has 0 aromatic rings. The van der Waals surface area contributed by atoms with E-state index >= 15 is 0 Å². The fourth-order valence-corrected chi connectivity index (χ4v) is 2.77. The predicted molar refractivity (Wildman–Crippen MR) is 81.2 cm³/mol. The van der Waals surface area contributed by atoms with Crippen LogP contribution in [-0.4, -0.2) is 28.9 Å². The summed E-state index contributed by atoms with van der Waals surface area (Å²) in [6.45, 7) is 18.2. The molecule has 2 heteroatoms. The van der Waals surface area contributed by atoms with Crippen LogP contribution in [0.5, 0.6) is 0 Å². The Balaban J connectivity index is 2.73. The summed E-state index contributed by atoms with van der Waals surface area (Å²) in [7, 11) is 0. The second-order valence-electron chi connectivity index (χ2n) is 8.09. The molecule has 2 nitrogen and oxygen atoms in total. The van der Waals surface area contributed by atoms with Gasteiger partial charge in [0.1, 0.15) is 0 Å². The maximum Gasteiger partial charge on any atom is 0.0861 e. The van der Waals surface area contributed by atoms with Gasteiger partial charge in [-0.3, -0.25) is 4.99 Å². The largest absolute Gasteiger partial charge is 0.358 e. The van der Waals surface area contributed by atoms with Crippen molar-refractivity contribution >= 4 is 6.34 Å². The third-order valence-electron chi connectivity index (χ3n) is 4.07. The number of hydrogen-bond donors (Lipinski definition) is 0. The van der Waals surface area contributed by atoms with Crippen molar-refractivity contribution in [3.05, 3.63) is 0 Å². The first-order chi connectivity index (χ1) is 8.00. The van der Waals surface area contributed by atoms with Gasteiger partial charge < -0.3 is 4.90 Å². The molecule has 1 aliphatic rings. The van der Waals surface area contributed by atoms with E-state index < -0.39 is 0 Å². The van der Waals surface area contributed by atoms with Gasteiger partial charge in [-0.1, -0.05) is 20.8 Å². The fraction of sp³-hybridized carbons (Fsp3) is 0.938. The van der Waals surface area contributed by atoms with E-state index in [1.165, 1.54) is 12.8 Å². The van der Waals surface area contributed by atoms with Gasteiger partial charge in [-0.2, -0.15) is 0 Å². The van der Waals surface area contributed by atoms with Gasteiger partial charge in [-0.05, 0) is 58.8 Å². The molecule has 1 fully saturated rings. The van der Waals surface area contributed by atoms with Crippen LogP contribution in [0.3, 0.4) is 0 Å². The number of nitrogens with zero attached hydrogens (tertiary/aromatic N) is 2. The second-order valence-corrected chi connectivity index (χ2v) is 8.09. The first kappa shape index (κ1) is 15.5. The summed E-state index contributed by atoms with van der Waals surface area (Å²) in [5.41, 5.74) is 0.454. The van der Waals surface area contributed by atoms with Crippen molar-refractivity contribution in [2.45, 2.75) is 85.9 Å². The van der Waals surface area contributed by atoms with E-state index in [-0.39, 0.29) is 5.54 Å². The van der Waals surface area contributed by atoms with Gasteiger partial charge >= 0.3 is 0 Å². The average molecular weight is 252 g/mol. The van der Waals surface area contributed by atoms with E-state index in [2.05, 4.69) is 71.6 Å². The van der Waals surface area contributed by atoms with Crippen molar-refractivity contribution < 1.29 is 0 Å². The summed E-state index contributed by atoms with van der Waals surface area (Å²) in [5, 5.41) is 0. The lowest BCUT2D eigenvalue weighted by atomic mass is 9.71. The molecule has 1 heterocycles. The van der Waals surface area contributed by atoms with E-state index in [4.69, 9.17) is 0 Å². The highest BCUT2D eigenvalue weighted by molar-refractivity contribution is 5.57. The Labute approximate surface area is 114 Å². The lowest BCUT2D eigenvalue weighted by Crippen LogP contribution is -2.48. The molecule has 0 bridgehead atoms. The molecule has 1 saturated heterocycles. The van der Waals surface area contributed by atoms with Gasteiger partial charge in [0.2, 0.25) is 0 Å². The number of hydrogen-bond acceptors (Lipinski definition) is 1. The zero-order chi connectivity index (χ0) is 14.1. The first-order valence-electron chi connectivity index (χ1n) is 7.33. The summed E-state index contributed by atoms with van der Waals surface area (Å²) in [5.74, 6) is 0.821. The van der Waals surface area contributed by atoms with E-state index in [0.29, 0.717) is 17.5 Å². The highest BCUT2D eigenvalue weighted by Crippen LogP contribution is 2.38. The van der Waals surface area contributed by atoms with E-state index in [9.17, 15) is 0 Å². The molecule has 0 N–H and O–H groups in total. The molecular weight excluding hydrogens is 220 g/mol. The Kier molecular flexibility index (Phi) is 4.51. The SMILES string of the molecule is C[C@@H]1CC(C(C)(C)C)C[C@H](C)N1C=NC(C)(C)C. The number of aliphatic imine (C=N–C) groups is 1. The van der Waals surface area contributed by atoms with Crippen LogP contribution in [0.1, 0.15) is 68.2 Å². The third kappa shape index (κ3) is 4.29. The van der Waals surface area contributed by atoms with Gasteiger partial charge in [0, 0.05) is 12.1 Å². The molecule has 0 aromatic heterocycles. The highest BCUT2D eigenvalue weighted by atomic mass is 15.2. The molecule has 3 atom stereocenters. The van der Waals surface area contributed by atoms with Crippen LogP contribution in [0.25, 0.3) is 0 Å². The standard InChI is InChI=1S/C16H32N2/c1-12-9-14(15(3,4)5)10-13(2)18(12)11-17-16(6,7)8/h11-14H,9-10H2,1-8H3/t12-,13+,14?. The molecule has 1 rings (SSSR count). The summed E-state index contributed by atoms with van der Waals surface area (Å²) in [6, 6.07) is 1.20. The van der Waals surface area contributed by atoms with Crippen molar-refractivity contribution in [3.63, 3.8) is 0 Å². The van der Waals surface area contributed by atoms with Crippen LogP contribution in [0.4, 0.5) is 0 Å². The van der Waals surface area contributed by atoms with Crippen LogP contribution < -0.4 is 0 Å². The lowest BCUT2D eigenvalue weighted by molar-refractivity contribution is 0.0791. The smallest absolute Gasteiger partial charge is 0.0861 e. The zero-order valence-corrected chi connectivity index (χ0v) is 13.6. The maximum atomic E-state index is 4.67. The molecule has 1 unspecified atom stereocenters. The lowest BCUT2D eigenvalue weighted by Gasteiger charge is -2.46. The Morgan fingerprint density at radius 1 is 0.944 bits per heavy atom.